The van der Waals surface area contributed by atoms with E-state index in [1.807, 2.05) is 45.0 Å². The number of carbonyl (C=O) groups excluding carboxylic acids is 1. The molecular weight excluding hydrogens is 290 g/mol. The maximum atomic E-state index is 12.3. The van der Waals surface area contributed by atoms with Crippen molar-refractivity contribution < 1.29 is 9.63 Å². The zero-order chi connectivity index (χ0) is 17.2. The van der Waals surface area contributed by atoms with E-state index in [1.165, 1.54) is 0 Å². The summed E-state index contributed by atoms with van der Waals surface area (Å²) in [5, 5.41) is 2.98. The Kier molecular flexibility index (Phi) is 7.91. The highest BCUT2D eigenvalue weighted by Gasteiger charge is 2.15. The highest BCUT2D eigenvalue weighted by Crippen LogP contribution is 2.18. The van der Waals surface area contributed by atoms with E-state index in [2.05, 4.69) is 24.0 Å². The number of rotatable bonds is 9. The molecule has 23 heavy (non-hydrogen) atoms. The van der Waals surface area contributed by atoms with Gasteiger partial charge < -0.3 is 5.32 Å². The van der Waals surface area contributed by atoms with Crippen LogP contribution in [0.1, 0.15) is 32.8 Å². The van der Waals surface area contributed by atoms with Crippen molar-refractivity contribution in [2.75, 3.05) is 18.1 Å². The summed E-state index contributed by atoms with van der Waals surface area (Å²) >= 11 is 0. The van der Waals surface area contributed by atoms with E-state index in [4.69, 9.17) is 4.84 Å². The number of hydrogen-bond donors (Lipinski definition) is 2. The fourth-order valence-electron chi connectivity index (χ4n) is 1.92. The molecule has 2 N–H and O–H groups in total. The van der Waals surface area contributed by atoms with Crippen LogP contribution in [0.25, 0.3) is 5.70 Å². The van der Waals surface area contributed by atoms with Crippen LogP contribution in [0.4, 0.5) is 10.5 Å². The minimum Gasteiger partial charge on any atom is -0.335 e. The predicted octanol–water partition coefficient (Wildman–Crippen LogP) is 3.70. The first kappa shape index (κ1) is 18.8. The Morgan fingerprint density at radius 1 is 1.35 bits per heavy atom. The lowest BCUT2D eigenvalue weighted by atomic mass is 10.1. The fraction of sp³-hybridized carbons (Fsp3) is 0.389. The molecule has 5 heteroatoms. The van der Waals surface area contributed by atoms with Crippen LogP contribution in [0.2, 0.25) is 0 Å². The van der Waals surface area contributed by atoms with Crippen molar-refractivity contribution in [3.05, 3.63) is 49.1 Å². The Morgan fingerprint density at radius 3 is 2.52 bits per heavy atom. The molecule has 1 unspecified atom stereocenters. The Labute approximate surface area is 139 Å². The number of carbonyl (C=O) groups is 1. The van der Waals surface area contributed by atoms with Gasteiger partial charge in [0.1, 0.15) is 0 Å². The molecule has 0 saturated carbocycles. The molecule has 0 aliphatic heterocycles. The lowest BCUT2D eigenvalue weighted by Crippen LogP contribution is -2.43. The van der Waals surface area contributed by atoms with Crippen molar-refractivity contribution in [1.82, 2.24) is 10.8 Å². The third-order valence-electron chi connectivity index (χ3n) is 3.47. The average molecular weight is 317 g/mol. The molecule has 0 heterocycles. The fourth-order valence-corrected chi connectivity index (χ4v) is 1.92. The molecule has 0 aliphatic carbocycles. The number of hydroxylamine groups is 1. The maximum Gasteiger partial charge on any atom is 0.322 e. The van der Waals surface area contributed by atoms with Crippen LogP contribution in [0, 0.1) is 0 Å². The third-order valence-corrected chi connectivity index (χ3v) is 3.47. The highest BCUT2D eigenvalue weighted by atomic mass is 16.6. The van der Waals surface area contributed by atoms with Gasteiger partial charge in [0.25, 0.3) is 0 Å². The number of urea groups is 1. The van der Waals surface area contributed by atoms with Crippen LogP contribution in [0.15, 0.2) is 43.5 Å². The minimum absolute atomic E-state index is 0.0825. The zero-order valence-electron chi connectivity index (χ0n) is 14.3. The first-order chi connectivity index (χ1) is 11.0. The molecule has 0 spiro atoms. The quantitative estimate of drug-likeness (QED) is 0.415. The summed E-state index contributed by atoms with van der Waals surface area (Å²) in [5.74, 6) is 0. The Balaban J connectivity index is 2.74. The molecule has 0 aliphatic rings. The van der Waals surface area contributed by atoms with Crippen LogP contribution < -0.4 is 15.7 Å². The van der Waals surface area contributed by atoms with E-state index in [9.17, 15) is 4.79 Å². The van der Waals surface area contributed by atoms with Crippen molar-refractivity contribution in [2.24, 2.45) is 0 Å². The lowest BCUT2D eigenvalue weighted by Gasteiger charge is -2.24. The van der Waals surface area contributed by atoms with Gasteiger partial charge in [-0.15, -0.1) is 6.58 Å². The van der Waals surface area contributed by atoms with Gasteiger partial charge in [0.2, 0.25) is 0 Å². The van der Waals surface area contributed by atoms with Crippen LogP contribution in [0.5, 0.6) is 0 Å². The molecule has 0 fully saturated rings. The summed E-state index contributed by atoms with van der Waals surface area (Å²) in [4.78, 5) is 19.2. The molecule has 0 saturated heterocycles. The number of hydrogen-bond acceptors (Lipinski definition) is 3. The van der Waals surface area contributed by atoms with Gasteiger partial charge in [0.05, 0.1) is 12.3 Å². The predicted molar refractivity (Wildman–Crippen MR) is 96.1 cm³/mol. The zero-order valence-corrected chi connectivity index (χ0v) is 14.3. The van der Waals surface area contributed by atoms with Crippen molar-refractivity contribution >= 4 is 17.4 Å². The molecule has 2 amide bonds. The van der Waals surface area contributed by atoms with Gasteiger partial charge in [0.15, 0.2) is 0 Å². The molecule has 1 aromatic carbocycles. The second kappa shape index (κ2) is 9.69. The van der Waals surface area contributed by atoms with Gasteiger partial charge in [-0.3, -0.25) is 15.2 Å². The molecule has 126 valence electrons. The standard InChI is InChI=1S/C18H27N3O2/c1-6-13-23-20-15(5)16-9-11-17(12-10-16)21(8-3)18(22)19-14(4)7-2/h6,9-12,14,20H,1,5,7-8,13H2,2-4H3,(H,19,22). The molecule has 1 rings (SSSR count). The van der Waals surface area contributed by atoms with Crippen LogP contribution in [0.3, 0.4) is 0 Å². The molecule has 5 nitrogen and oxygen atoms in total. The summed E-state index contributed by atoms with van der Waals surface area (Å²) < 4.78 is 0. The first-order valence-corrected chi connectivity index (χ1v) is 7.89. The summed E-state index contributed by atoms with van der Waals surface area (Å²) in [6, 6.07) is 7.68. The number of nitrogens with zero attached hydrogens (tertiary/aromatic N) is 1. The van der Waals surface area contributed by atoms with Gasteiger partial charge in [-0.1, -0.05) is 31.7 Å². The van der Waals surface area contributed by atoms with Gasteiger partial charge >= 0.3 is 6.03 Å². The molecule has 1 atom stereocenters. The van der Waals surface area contributed by atoms with Crippen molar-refractivity contribution in [1.29, 1.82) is 0 Å². The molecule has 0 aromatic heterocycles. The van der Waals surface area contributed by atoms with Crippen LogP contribution >= 0.6 is 0 Å². The molecule has 0 radical (unpaired) electrons. The molecule has 0 bridgehead atoms. The maximum absolute atomic E-state index is 12.3. The summed E-state index contributed by atoms with van der Waals surface area (Å²) in [7, 11) is 0. The highest BCUT2D eigenvalue weighted by molar-refractivity contribution is 5.92. The van der Waals surface area contributed by atoms with E-state index in [0.29, 0.717) is 18.8 Å². The summed E-state index contributed by atoms with van der Waals surface area (Å²) in [6.45, 7) is 14.5. The lowest BCUT2D eigenvalue weighted by molar-refractivity contribution is 0.104. The van der Waals surface area contributed by atoms with E-state index in [-0.39, 0.29) is 12.1 Å². The van der Waals surface area contributed by atoms with Crippen molar-refractivity contribution in [3.8, 4) is 0 Å². The Hall–Kier alpha value is -2.27. The van der Waals surface area contributed by atoms with Gasteiger partial charge in [-0.2, -0.15) is 0 Å². The number of amides is 2. The number of nitrogens with one attached hydrogen (secondary N) is 2. The SMILES string of the molecule is C=CCONC(=C)c1ccc(N(CC)C(=O)NC(C)CC)cc1. The number of benzene rings is 1. The van der Waals surface area contributed by atoms with Crippen molar-refractivity contribution in [3.63, 3.8) is 0 Å². The van der Waals surface area contributed by atoms with Gasteiger partial charge in [-0.25, -0.2) is 4.79 Å². The van der Waals surface area contributed by atoms with Crippen molar-refractivity contribution in [2.45, 2.75) is 33.2 Å². The van der Waals surface area contributed by atoms with Gasteiger partial charge in [-0.05, 0) is 38.0 Å². The monoisotopic (exact) mass is 317 g/mol. The second-order valence-corrected chi connectivity index (χ2v) is 5.23. The van der Waals surface area contributed by atoms with E-state index >= 15 is 0 Å². The minimum atomic E-state index is -0.0825. The van der Waals surface area contributed by atoms with E-state index in [1.54, 1.807) is 11.0 Å². The Bertz CT molecular complexity index is 526. The van der Waals surface area contributed by atoms with Crippen LogP contribution in [-0.2, 0) is 4.84 Å². The molecular formula is C18H27N3O2. The normalized spacial score (nSPS) is 11.4. The number of anilines is 1. The van der Waals surface area contributed by atoms with E-state index in [0.717, 1.165) is 17.7 Å². The third kappa shape index (κ3) is 5.79. The second-order valence-electron chi connectivity index (χ2n) is 5.23. The van der Waals surface area contributed by atoms with E-state index < -0.39 is 0 Å². The Morgan fingerprint density at radius 2 is 2.00 bits per heavy atom. The first-order valence-electron chi connectivity index (χ1n) is 7.89. The summed E-state index contributed by atoms with van der Waals surface area (Å²) in [6.07, 6.45) is 2.55. The van der Waals surface area contributed by atoms with Crippen LogP contribution in [-0.4, -0.2) is 25.2 Å². The summed E-state index contributed by atoms with van der Waals surface area (Å²) in [5.41, 5.74) is 5.16. The molecule has 1 aromatic rings. The van der Waals surface area contributed by atoms with Gasteiger partial charge in [0, 0.05) is 18.3 Å². The largest absolute Gasteiger partial charge is 0.335 e. The topological polar surface area (TPSA) is 53.6 Å². The smallest absolute Gasteiger partial charge is 0.322 e. The average Bonchev–Trinajstić information content (AvgIpc) is 2.56.